The molecule has 0 heterocycles. The predicted octanol–water partition coefficient (Wildman–Crippen LogP) is 1.31. The smallest absolute Gasteiger partial charge is 0.307 e. The van der Waals surface area contributed by atoms with Gasteiger partial charge in [0.05, 0.1) is 6.40 Å². The molecule has 0 radical (unpaired) electrons. The largest absolute Gasteiger partial charge is 0.481 e. The molecule has 1 aromatic rings. The molecule has 2 nitrogen and oxygen atoms in total. The third-order valence-corrected chi connectivity index (χ3v) is 1.09. The maximum absolute atomic E-state index is 10.3. The molecule has 0 spiro atoms. The Morgan fingerprint density at radius 2 is 2.10 bits per heavy atom. The normalized spacial score (nSPS) is 13.8. The van der Waals surface area contributed by atoms with Crippen molar-refractivity contribution in [3.63, 3.8) is 0 Å². The molecule has 0 fully saturated rings. The predicted molar refractivity (Wildman–Crippen MR) is 37.8 cm³/mol. The van der Waals surface area contributed by atoms with Gasteiger partial charge in [0.15, 0.2) is 0 Å². The molecule has 0 aliphatic rings. The maximum atomic E-state index is 10.3. The van der Waals surface area contributed by atoms with E-state index in [0.717, 1.165) is 0 Å². The lowest BCUT2D eigenvalue weighted by Gasteiger charge is -1.92. The van der Waals surface area contributed by atoms with Crippen LogP contribution in [0.3, 0.4) is 0 Å². The van der Waals surface area contributed by atoms with Crippen LogP contribution < -0.4 is 0 Å². The number of aliphatic carboxylic acids is 1. The van der Waals surface area contributed by atoms with Crippen molar-refractivity contribution in [3.8, 4) is 0 Å². The van der Waals surface area contributed by atoms with E-state index in [1.165, 1.54) is 0 Å². The first-order valence-electron chi connectivity index (χ1n) is 3.49. The first kappa shape index (κ1) is 5.47. The summed E-state index contributed by atoms with van der Waals surface area (Å²) >= 11 is 0. The van der Waals surface area contributed by atoms with Gasteiger partial charge >= 0.3 is 5.97 Å². The minimum atomic E-state index is -1.16. The standard InChI is InChI=1S/C8H8O2/c9-8(10)6-7-4-2-1-3-5-7/h1-5H,6H2,(H,9,10)/i6D. The molecule has 0 aliphatic carbocycles. The molecular weight excluding hydrogens is 128 g/mol. The molecule has 52 valence electrons. The molecule has 0 amide bonds. The van der Waals surface area contributed by atoms with Crippen LogP contribution in [0.1, 0.15) is 6.93 Å². The van der Waals surface area contributed by atoms with Gasteiger partial charge in [-0.25, -0.2) is 0 Å². The Hall–Kier alpha value is -1.31. The monoisotopic (exact) mass is 137 g/mol. The summed E-state index contributed by atoms with van der Waals surface area (Å²) in [7, 11) is 0. The van der Waals surface area contributed by atoms with Crippen molar-refractivity contribution in [2.75, 3.05) is 0 Å². The fourth-order valence-corrected chi connectivity index (χ4v) is 0.692. The van der Waals surface area contributed by atoms with E-state index in [1.54, 1.807) is 30.3 Å². The molecule has 0 aliphatic heterocycles. The molecule has 1 atom stereocenters. The van der Waals surface area contributed by atoms with Gasteiger partial charge in [0.1, 0.15) is 0 Å². The van der Waals surface area contributed by atoms with Crippen molar-refractivity contribution in [1.29, 1.82) is 0 Å². The average molecular weight is 137 g/mol. The summed E-state index contributed by atoms with van der Waals surface area (Å²) in [5, 5.41) is 8.45. The Morgan fingerprint density at radius 3 is 2.60 bits per heavy atom. The summed E-state index contributed by atoms with van der Waals surface area (Å²) in [5.74, 6) is -1.11. The van der Waals surface area contributed by atoms with Gasteiger partial charge in [0.25, 0.3) is 0 Å². The van der Waals surface area contributed by atoms with Crippen molar-refractivity contribution in [2.24, 2.45) is 0 Å². The molecule has 1 unspecified atom stereocenters. The SMILES string of the molecule is [2H]C(C(=O)O)c1ccccc1. The second kappa shape index (κ2) is 3.01. The van der Waals surface area contributed by atoms with Gasteiger partial charge in [0.2, 0.25) is 0 Å². The van der Waals surface area contributed by atoms with Crippen molar-refractivity contribution < 1.29 is 11.3 Å². The van der Waals surface area contributed by atoms with Crippen LogP contribution >= 0.6 is 0 Å². The van der Waals surface area contributed by atoms with E-state index < -0.39 is 12.4 Å². The minimum Gasteiger partial charge on any atom is -0.481 e. The van der Waals surface area contributed by atoms with E-state index in [0.29, 0.717) is 5.56 Å². The highest BCUT2D eigenvalue weighted by Crippen LogP contribution is 1.98. The Labute approximate surface area is 60.5 Å². The topological polar surface area (TPSA) is 37.3 Å². The van der Waals surface area contributed by atoms with Crippen LogP contribution in [0.25, 0.3) is 0 Å². The van der Waals surface area contributed by atoms with E-state index in [1.807, 2.05) is 0 Å². The van der Waals surface area contributed by atoms with E-state index in [-0.39, 0.29) is 0 Å². The zero-order valence-corrected chi connectivity index (χ0v) is 5.32. The number of hydrogen-bond acceptors (Lipinski definition) is 1. The van der Waals surface area contributed by atoms with Gasteiger partial charge in [-0.05, 0) is 5.56 Å². The second-order valence-electron chi connectivity index (χ2n) is 1.89. The molecule has 10 heavy (non-hydrogen) atoms. The average Bonchev–Trinajstić information content (AvgIpc) is 2.05. The Kier molecular flexibility index (Phi) is 1.65. The summed E-state index contributed by atoms with van der Waals surface area (Å²) in [6.07, 6.45) is -1.16. The summed E-state index contributed by atoms with van der Waals surface area (Å²) in [5.41, 5.74) is 0.514. The molecule has 2 heteroatoms. The fraction of sp³-hybridized carbons (Fsp3) is 0.125. The highest BCUT2D eigenvalue weighted by atomic mass is 16.4. The maximum Gasteiger partial charge on any atom is 0.307 e. The zero-order chi connectivity index (χ0) is 8.27. The van der Waals surface area contributed by atoms with E-state index >= 15 is 0 Å². The van der Waals surface area contributed by atoms with Crippen LogP contribution in [-0.4, -0.2) is 11.1 Å². The van der Waals surface area contributed by atoms with Crippen LogP contribution in [0.15, 0.2) is 30.3 Å². The van der Waals surface area contributed by atoms with Gasteiger partial charge in [-0.15, -0.1) is 0 Å². The summed E-state index contributed by atoms with van der Waals surface area (Å²) in [6.45, 7) is 0. The van der Waals surface area contributed by atoms with Crippen LogP contribution in [0, 0.1) is 0 Å². The molecule has 1 rings (SSSR count). The first-order valence-corrected chi connectivity index (χ1v) is 2.92. The quantitative estimate of drug-likeness (QED) is 0.667. The van der Waals surface area contributed by atoms with Crippen LogP contribution in [-0.2, 0) is 11.2 Å². The van der Waals surface area contributed by atoms with Crippen LogP contribution in [0.4, 0.5) is 0 Å². The second-order valence-corrected chi connectivity index (χ2v) is 1.89. The summed E-state index contributed by atoms with van der Waals surface area (Å²) in [4.78, 5) is 10.3. The number of carboxylic acid groups (broad SMARTS) is 1. The van der Waals surface area contributed by atoms with Crippen LogP contribution in [0.5, 0.6) is 0 Å². The fourth-order valence-electron chi connectivity index (χ4n) is 0.692. The molecule has 0 aromatic heterocycles. The highest BCUT2D eigenvalue weighted by molar-refractivity contribution is 5.70. The lowest BCUT2D eigenvalue weighted by molar-refractivity contribution is -0.136. The number of carbonyl (C=O) groups is 1. The van der Waals surface area contributed by atoms with Gasteiger partial charge in [-0.2, -0.15) is 0 Å². The lowest BCUT2D eigenvalue weighted by atomic mass is 10.2. The Balaban J connectivity index is 2.85. The minimum absolute atomic E-state index is 0.514. The first-order chi connectivity index (χ1) is 5.22. The zero-order valence-electron chi connectivity index (χ0n) is 6.32. The van der Waals surface area contributed by atoms with Crippen molar-refractivity contribution >= 4 is 5.97 Å². The van der Waals surface area contributed by atoms with E-state index in [4.69, 9.17) is 6.48 Å². The van der Waals surface area contributed by atoms with Crippen LogP contribution in [0.2, 0.25) is 0 Å². The molecular formula is C8H8O2. The van der Waals surface area contributed by atoms with Crippen molar-refractivity contribution in [1.82, 2.24) is 0 Å². The lowest BCUT2D eigenvalue weighted by Crippen LogP contribution is -1.98. The highest BCUT2D eigenvalue weighted by Gasteiger charge is 1.96. The molecule has 1 N–H and O–H groups in total. The van der Waals surface area contributed by atoms with Crippen molar-refractivity contribution in [3.05, 3.63) is 35.9 Å². The third-order valence-electron chi connectivity index (χ3n) is 1.09. The summed E-state index contributed by atoms with van der Waals surface area (Å²) < 4.78 is 7.17. The molecule has 0 saturated carbocycles. The van der Waals surface area contributed by atoms with Gasteiger partial charge in [0, 0.05) is 1.37 Å². The van der Waals surface area contributed by atoms with Gasteiger partial charge in [-0.1, -0.05) is 30.3 Å². The third kappa shape index (κ3) is 1.90. The molecule has 1 aromatic carbocycles. The number of rotatable bonds is 2. The Bertz CT molecular complexity index is 246. The van der Waals surface area contributed by atoms with Crippen molar-refractivity contribution in [2.45, 2.75) is 6.40 Å². The number of hydrogen-bond donors (Lipinski definition) is 1. The van der Waals surface area contributed by atoms with Gasteiger partial charge in [-0.3, -0.25) is 4.79 Å². The van der Waals surface area contributed by atoms with E-state index in [9.17, 15) is 4.79 Å². The molecule has 0 saturated heterocycles. The number of carboxylic acids is 1. The van der Waals surface area contributed by atoms with E-state index in [2.05, 4.69) is 0 Å². The Morgan fingerprint density at radius 1 is 1.50 bits per heavy atom. The van der Waals surface area contributed by atoms with Gasteiger partial charge < -0.3 is 5.11 Å². The summed E-state index contributed by atoms with van der Waals surface area (Å²) in [6, 6.07) is 8.50. The molecule has 0 bridgehead atoms. The number of benzene rings is 1.